The van der Waals surface area contributed by atoms with E-state index in [4.69, 9.17) is 16.2 Å². The summed E-state index contributed by atoms with van der Waals surface area (Å²) in [6.07, 6.45) is 0.866. The highest BCUT2D eigenvalue weighted by Gasteiger charge is 2.20. The van der Waals surface area contributed by atoms with Crippen molar-refractivity contribution in [2.75, 3.05) is 24.2 Å². The SMILES string of the molecule is CCOC(=O)c1c(N)nsc1NCCCC(N)=O. The number of aromatic nitrogens is 1. The third-order valence-electron chi connectivity index (χ3n) is 2.08. The predicted molar refractivity (Wildman–Crippen MR) is 69.4 cm³/mol. The minimum Gasteiger partial charge on any atom is -0.462 e. The lowest BCUT2D eigenvalue weighted by molar-refractivity contribution is -0.118. The molecule has 0 saturated carbocycles. The fraction of sp³-hybridized carbons (Fsp3) is 0.500. The standard InChI is InChI=1S/C10H16N4O3S/c1-2-17-10(16)7-8(12)14-18-9(7)13-5-3-4-6(11)15/h13H,2-5H2,1H3,(H2,11,15)(H2,12,14). The van der Waals surface area contributed by atoms with Crippen LogP contribution in [0.5, 0.6) is 0 Å². The van der Waals surface area contributed by atoms with E-state index >= 15 is 0 Å². The molecule has 0 spiro atoms. The van der Waals surface area contributed by atoms with Crippen molar-refractivity contribution in [3.63, 3.8) is 0 Å². The zero-order chi connectivity index (χ0) is 13.5. The van der Waals surface area contributed by atoms with Crippen molar-refractivity contribution in [1.82, 2.24) is 4.37 Å². The number of primary amides is 1. The highest BCUT2D eigenvalue weighted by atomic mass is 32.1. The van der Waals surface area contributed by atoms with Gasteiger partial charge >= 0.3 is 5.97 Å². The third kappa shape index (κ3) is 3.88. The summed E-state index contributed by atoms with van der Waals surface area (Å²) >= 11 is 1.09. The zero-order valence-electron chi connectivity index (χ0n) is 10.1. The molecule has 1 heterocycles. The second-order valence-electron chi connectivity index (χ2n) is 3.49. The Bertz CT molecular complexity index is 433. The molecule has 1 rings (SSSR count). The first kappa shape index (κ1) is 14.2. The summed E-state index contributed by atoms with van der Waals surface area (Å²) in [7, 11) is 0. The lowest BCUT2D eigenvalue weighted by Crippen LogP contribution is -2.14. The van der Waals surface area contributed by atoms with Gasteiger partial charge in [0.2, 0.25) is 5.91 Å². The summed E-state index contributed by atoms with van der Waals surface area (Å²) in [6.45, 7) is 2.50. The van der Waals surface area contributed by atoms with Gasteiger partial charge in [-0.25, -0.2) is 4.79 Å². The van der Waals surface area contributed by atoms with E-state index in [0.717, 1.165) is 11.5 Å². The molecule has 18 heavy (non-hydrogen) atoms. The molecule has 0 aliphatic rings. The first-order chi connectivity index (χ1) is 8.56. The summed E-state index contributed by atoms with van der Waals surface area (Å²) in [5.41, 5.74) is 10.9. The van der Waals surface area contributed by atoms with Crippen LogP contribution in [0.15, 0.2) is 0 Å². The molecule has 0 atom stereocenters. The fourth-order valence-corrected chi connectivity index (χ4v) is 2.01. The van der Waals surface area contributed by atoms with E-state index in [1.165, 1.54) is 0 Å². The lowest BCUT2D eigenvalue weighted by Gasteiger charge is -2.05. The summed E-state index contributed by atoms with van der Waals surface area (Å²) in [6, 6.07) is 0. The van der Waals surface area contributed by atoms with Gasteiger partial charge in [0.15, 0.2) is 5.82 Å². The largest absolute Gasteiger partial charge is 0.462 e. The van der Waals surface area contributed by atoms with Crippen molar-refractivity contribution < 1.29 is 14.3 Å². The van der Waals surface area contributed by atoms with E-state index in [1.807, 2.05) is 0 Å². The van der Waals surface area contributed by atoms with Crippen LogP contribution < -0.4 is 16.8 Å². The van der Waals surface area contributed by atoms with Gasteiger partial charge in [-0.1, -0.05) is 0 Å². The number of nitrogen functional groups attached to an aromatic ring is 1. The van der Waals surface area contributed by atoms with Gasteiger partial charge in [0, 0.05) is 13.0 Å². The molecule has 0 fully saturated rings. The van der Waals surface area contributed by atoms with Crippen LogP contribution in [-0.4, -0.2) is 29.4 Å². The molecule has 0 radical (unpaired) electrons. The Morgan fingerprint density at radius 3 is 2.83 bits per heavy atom. The van der Waals surface area contributed by atoms with E-state index in [-0.39, 0.29) is 30.3 Å². The first-order valence-electron chi connectivity index (χ1n) is 5.50. The van der Waals surface area contributed by atoms with Crippen molar-refractivity contribution in [1.29, 1.82) is 0 Å². The highest BCUT2D eigenvalue weighted by molar-refractivity contribution is 7.11. The summed E-state index contributed by atoms with van der Waals surface area (Å²) in [4.78, 5) is 22.2. The molecule has 1 aromatic rings. The second kappa shape index (κ2) is 6.80. The van der Waals surface area contributed by atoms with E-state index in [9.17, 15) is 9.59 Å². The maximum atomic E-state index is 11.6. The van der Waals surface area contributed by atoms with E-state index in [0.29, 0.717) is 18.0 Å². The Hall–Kier alpha value is -1.83. The number of carbonyl (C=O) groups is 2. The van der Waals surface area contributed by atoms with E-state index in [1.54, 1.807) is 6.92 Å². The normalized spacial score (nSPS) is 10.1. The number of nitrogens with two attached hydrogens (primary N) is 2. The van der Waals surface area contributed by atoms with Crippen molar-refractivity contribution in [2.45, 2.75) is 19.8 Å². The van der Waals surface area contributed by atoms with Crippen LogP contribution >= 0.6 is 11.5 Å². The van der Waals surface area contributed by atoms with Crippen LogP contribution in [0.4, 0.5) is 10.8 Å². The molecule has 0 saturated heterocycles. The third-order valence-corrected chi connectivity index (χ3v) is 2.90. The molecule has 8 heteroatoms. The lowest BCUT2D eigenvalue weighted by atomic mass is 10.3. The second-order valence-corrected chi connectivity index (χ2v) is 4.26. The van der Waals surface area contributed by atoms with Crippen molar-refractivity contribution in [2.24, 2.45) is 5.73 Å². The molecular weight excluding hydrogens is 256 g/mol. The van der Waals surface area contributed by atoms with Gasteiger partial charge in [-0.3, -0.25) is 4.79 Å². The number of nitrogens with one attached hydrogen (secondary N) is 1. The number of hydrogen-bond donors (Lipinski definition) is 3. The topological polar surface area (TPSA) is 120 Å². The van der Waals surface area contributed by atoms with Gasteiger partial charge < -0.3 is 21.5 Å². The molecule has 7 nitrogen and oxygen atoms in total. The maximum absolute atomic E-state index is 11.6. The monoisotopic (exact) mass is 272 g/mol. The zero-order valence-corrected chi connectivity index (χ0v) is 10.9. The average Bonchev–Trinajstić information content (AvgIpc) is 2.66. The van der Waals surface area contributed by atoms with E-state index in [2.05, 4.69) is 9.69 Å². The van der Waals surface area contributed by atoms with Crippen LogP contribution in [0.3, 0.4) is 0 Å². The Labute approximate surface area is 109 Å². The van der Waals surface area contributed by atoms with Crippen LogP contribution in [0.25, 0.3) is 0 Å². The van der Waals surface area contributed by atoms with Crippen LogP contribution in [-0.2, 0) is 9.53 Å². The smallest absolute Gasteiger partial charge is 0.344 e. The number of ether oxygens (including phenoxy) is 1. The first-order valence-corrected chi connectivity index (χ1v) is 6.28. The van der Waals surface area contributed by atoms with Gasteiger partial charge in [0.25, 0.3) is 0 Å². The maximum Gasteiger partial charge on any atom is 0.344 e. The Balaban J connectivity index is 2.60. The number of nitrogens with zero attached hydrogens (tertiary/aromatic N) is 1. The molecule has 0 bridgehead atoms. The summed E-state index contributed by atoms with van der Waals surface area (Å²) < 4.78 is 8.78. The Morgan fingerprint density at radius 1 is 1.50 bits per heavy atom. The summed E-state index contributed by atoms with van der Waals surface area (Å²) in [5.74, 6) is -0.705. The number of rotatable bonds is 7. The fourth-order valence-electron chi connectivity index (χ4n) is 1.29. The van der Waals surface area contributed by atoms with Gasteiger partial charge in [0.1, 0.15) is 10.6 Å². The molecule has 1 amide bonds. The predicted octanol–water partition coefficient (Wildman–Crippen LogP) is 0.579. The Morgan fingerprint density at radius 2 is 2.22 bits per heavy atom. The summed E-state index contributed by atoms with van der Waals surface area (Å²) in [5, 5.41) is 3.55. The molecular formula is C10H16N4O3S. The van der Waals surface area contributed by atoms with E-state index < -0.39 is 5.97 Å². The van der Waals surface area contributed by atoms with Gasteiger partial charge in [-0.15, -0.1) is 0 Å². The average molecular weight is 272 g/mol. The van der Waals surface area contributed by atoms with Gasteiger partial charge in [0.05, 0.1) is 6.61 Å². The number of anilines is 2. The minimum absolute atomic E-state index is 0.149. The minimum atomic E-state index is -0.499. The molecule has 0 aliphatic heterocycles. The number of hydrogen-bond acceptors (Lipinski definition) is 7. The molecule has 0 aromatic carbocycles. The van der Waals surface area contributed by atoms with Gasteiger partial charge in [-0.05, 0) is 24.9 Å². The van der Waals surface area contributed by atoms with Crippen LogP contribution in [0.1, 0.15) is 30.1 Å². The highest BCUT2D eigenvalue weighted by Crippen LogP contribution is 2.27. The molecule has 5 N–H and O–H groups in total. The molecule has 1 aromatic heterocycles. The van der Waals surface area contributed by atoms with Gasteiger partial charge in [-0.2, -0.15) is 4.37 Å². The molecule has 100 valence electrons. The van der Waals surface area contributed by atoms with Crippen LogP contribution in [0.2, 0.25) is 0 Å². The number of esters is 1. The quantitative estimate of drug-likeness (QED) is 0.493. The molecule has 0 aliphatic carbocycles. The van der Waals surface area contributed by atoms with Crippen molar-refractivity contribution in [3.8, 4) is 0 Å². The van der Waals surface area contributed by atoms with Crippen molar-refractivity contribution >= 4 is 34.2 Å². The molecule has 0 unspecified atom stereocenters. The van der Waals surface area contributed by atoms with Crippen LogP contribution in [0, 0.1) is 0 Å². The number of carbonyl (C=O) groups excluding carboxylic acids is 2. The number of amides is 1. The Kier molecular flexibility index (Phi) is 5.37. The van der Waals surface area contributed by atoms with Crippen molar-refractivity contribution in [3.05, 3.63) is 5.56 Å².